The molecule has 0 unspecified atom stereocenters. The number of halogens is 4. The van der Waals surface area contributed by atoms with Gasteiger partial charge in [0.25, 0.3) is 11.9 Å². The maximum Gasteiger partial charge on any atom is 0.252 e. The Bertz CT molecular complexity index is 1110. The molecule has 0 saturated heterocycles. The highest BCUT2D eigenvalue weighted by Gasteiger charge is 2.25. The highest BCUT2D eigenvalue weighted by Crippen LogP contribution is 2.35. The topological polar surface area (TPSA) is 56.5 Å². The highest BCUT2D eigenvalue weighted by atomic mass is 32.2. The molecule has 0 aliphatic heterocycles. The van der Waals surface area contributed by atoms with Crippen LogP contribution in [0.5, 0.6) is 0 Å². The van der Waals surface area contributed by atoms with Crippen molar-refractivity contribution in [1.82, 2.24) is 24.7 Å². The fraction of sp³-hybridized carbons (Fsp3) is 0. The van der Waals surface area contributed by atoms with Crippen molar-refractivity contribution >= 4 is 11.8 Å². The zero-order chi connectivity index (χ0) is 19.7. The summed E-state index contributed by atoms with van der Waals surface area (Å²) in [6, 6.07) is 12.1. The molecule has 0 aliphatic carbocycles. The molecule has 0 fully saturated rings. The van der Waals surface area contributed by atoms with Crippen LogP contribution in [0.15, 0.2) is 64.9 Å². The lowest BCUT2D eigenvalue weighted by Gasteiger charge is -2.11. The van der Waals surface area contributed by atoms with E-state index in [4.69, 9.17) is 0 Å². The minimum atomic E-state index is -1.73. The zero-order valence-corrected chi connectivity index (χ0v) is 14.7. The van der Waals surface area contributed by atoms with Gasteiger partial charge < -0.3 is 0 Å². The van der Waals surface area contributed by atoms with E-state index in [-0.39, 0.29) is 5.16 Å². The smallest absolute Gasteiger partial charge is 0.252 e. The van der Waals surface area contributed by atoms with Crippen molar-refractivity contribution in [3.63, 3.8) is 0 Å². The highest BCUT2D eigenvalue weighted by molar-refractivity contribution is 7.99. The minimum Gasteiger partial charge on any atom is -0.270 e. The number of pyridine rings is 2. The first-order valence-corrected chi connectivity index (χ1v) is 8.67. The molecular weight excluding hydrogens is 394 g/mol. The molecule has 5 nitrogen and oxygen atoms in total. The lowest BCUT2D eigenvalue weighted by Crippen LogP contribution is -2.04. The van der Waals surface area contributed by atoms with Gasteiger partial charge in [0.05, 0.1) is 4.90 Å². The van der Waals surface area contributed by atoms with Gasteiger partial charge in [0.1, 0.15) is 0 Å². The Labute approximate surface area is 160 Å². The summed E-state index contributed by atoms with van der Waals surface area (Å²) in [6.45, 7) is 0. The Hall–Kier alpha value is -3.27. The Kier molecular flexibility index (Phi) is 4.78. The summed E-state index contributed by atoms with van der Waals surface area (Å²) in [7, 11) is 0. The molecule has 3 aromatic heterocycles. The first-order chi connectivity index (χ1) is 13.6. The monoisotopic (exact) mass is 403 g/mol. The van der Waals surface area contributed by atoms with Gasteiger partial charge in [0.15, 0.2) is 17.5 Å². The summed E-state index contributed by atoms with van der Waals surface area (Å²) >= 11 is 0.410. The van der Waals surface area contributed by atoms with E-state index in [0.717, 1.165) is 0 Å². The van der Waals surface area contributed by atoms with Gasteiger partial charge in [-0.15, -0.1) is 10.2 Å². The number of nitrogens with zero attached hydrogens (tertiary/aromatic N) is 5. The molecule has 0 bridgehead atoms. The largest absolute Gasteiger partial charge is 0.270 e. The molecule has 4 aromatic rings. The van der Waals surface area contributed by atoms with E-state index in [1.54, 1.807) is 54.9 Å². The maximum absolute atomic E-state index is 14.1. The normalized spacial score (nSPS) is 11.0. The van der Waals surface area contributed by atoms with Crippen molar-refractivity contribution in [2.75, 3.05) is 0 Å². The van der Waals surface area contributed by atoms with Gasteiger partial charge in [-0.3, -0.25) is 9.55 Å². The van der Waals surface area contributed by atoms with Crippen LogP contribution in [0.2, 0.25) is 0 Å². The van der Waals surface area contributed by atoms with Gasteiger partial charge in [0.2, 0.25) is 5.16 Å². The predicted octanol–water partition coefficient (Wildman–Crippen LogP) is 4.43. The Balaban J connectivity index is 1.89. The van der Waals surface area contributed by atoms with Crippen LogP contribution in [0.3, 0.4) is 0 Å². The molecule has 140 valence electrons. The van der Waals surface area contributed by atoms with Crippen molar-refractivity contribution in [3.8, 4) is 17.1 Å². The van der Waals surface area contributed by atoms with E-state index in [1.807, 2.05) is 0 Å². The molecule has 3 heterocycles. The van der Waals surface area contributed by atoms with Crippen LogP contribution >= 0.6 is 11.8 Å². The van der Waals surface area contributed by atoms with Gasteiger partial charge in [-0.2, -0.15) is 13.8 Å². The van der Waals surface area contributed by atoms with Gasteiger partial charge in [-0.05, 0) is 36.0 Å². The van der Waals surface area contributed by atoms with Crippen LogP contribution in [0, 0.1) is 23.5 Å². The minimum absolute atomic E-state index is 0.0146. The standard InChI is InChI=1S/C18H9F4N5S/c19-12-14(13(20)16(22)24-15(12)21)28-18-26-25-17(10-6-8-23-9-7-10)27(18)11-4-2-1-3-5-11/h1-9H. The second-order valence-corrected chi connectivity index (χ2v) is 6.44. The third-order valence-electron chi connectivity index (χ3n) is 3.74. The number of rotatable bonds is 4. The second kappa shape index (κ2) is 7.39. The molecular formula is C18H9F4N5S. The first kappa shape index (κ1) is 18.1. The average molecular weight is 403 g/mol. The van der Waals surface area contributed by atoms with E-state index in [9.17, 15) is 17.6 Å². The number of hydrogen-bond donors (Lipinski definition) is 0. The van der Waals surface area contributed by atoms with E-state index in [0.29, 0.717) is 28.8 Å². The number of benzene rings is 1. The molecule has 10 heteroatoms. The maximum atomic E-state index is 14.1. The molecule has 0 N–H and O–H groups in total. The molecule has 0 spiro atoms. The van der Waals surface area contributed by atoms with Crippen molar-refractivity contribution in [1.29, 1.82) is 0 Å². The van der Waals surface area contributed by atoms with Crippen LogP contribution in [-0.4, -0.2) is 24.7 Å². The van der Waals surface area contributed by atoms with Crippen LogP contribution in [-0.2, 0) is 0 Å². The third-order valence-corrected chi connectivity index (χ3v) is 4.75. The molecule has 0 aliphatic rings. The summed E-state index contributed by atoms with van der Waals surface area (Å²) < 4.78 is 56.6. The Morgan fingerprint density at radius 3 is 2.07 bits per heavy atom. The molecule has 4 rings (SSSR count). The van der Waals surface area contributed by atoms with Crippen molar-refractivity contribution in [2.45, 2.75) is 10.1 Å². The SMILES string of the molecule is Fc1nc(F)c(F)c(Sc2nnc(-c3ccncc3)n2-c2ccccc2)c1F. The predicted molar refractivity (Wildman–Crippen MR) is 92.8 cm³/mol. The molecule has 28 heavy (non-hydrogen) atoms. The summed E-state index contributed by atoms with van der Waals surface area (Å²) in [6.07, 6.45) is 3.11. The van der Waals surface area contributed by atoms with E-state index >= 15 is 0 Å². The summed E-state index contributed by atoms with van der Waals surface area (Å²) in [4.78, 5) is 5.61. The summed E-state index contributed by atoms with van der Waals surface area (Å²) in [5, 5.41) is 8.06. The van der Waals surface area contributed by atoms with Gasteiger partial charge >= 0.3 is 0 Å². The second-order valence-electron chi connectivity index (χ2n) is 5.47. The molecule has 0 amide bonds. The molecule has 0 radical (unpaired) electrons. The van der Waals surface area contributed by atoms with Crippen LogP contribution in [0.25, 0.3) is 17.1 Å². The fourth-order valence-electron chi connectivity index (χ4n) is 2.48. The molecule has 0 atom stereocenters. The Morgan fingerprint density at radius 2 is 1.43 bits per heavy atom. The number of aromatic nitrogens is 5. The van der Waals surface area contributed by atoms with Crippen molar-refractivity contribution < 1.29 is 17.6 Å². The quantitative estimate of drug-likeness (QED) is 0.373. The van der Waals surface area contributed by atoms with Gasteiger partial charge in [-0.25, -0.2) is 8.78 Å². The van der Waals surface area contributed by atoms with Crippen molar-refractivity contribution in [2.24, 2.45) is 0 Å². The number of hydrogen-bond acceptors (Lipinski definition) is 5. The fourth-order valence-corrected chi connectivity index (χ4v) is 3.38. The van der Waals surface area contributed by atoms with Gasteiger partial charge in [0, 0.05) is 23.6 Å². The molecule has 0 saturated carbocycles. The van der Waals surface area contributed by atoms with E-state index < -0.39 is 28.4 Å². The summed E-state index contributed by atoms with van der Waals surface area (Å²) in [5.74, 6) is -6.30. The van der Waals surface area contributed by atoms with Crippen LogP contribution in [0.4, 0.5) is 17.6 Å². The first-order valence-electron chi connectivity index (χ1n) is 7.85. The van der Waals surface area contributed by atoms with Crippen LogP contribution < -0.4 is 0 Å². The number of para-hydroxylation sites is 1. The lowest BCUT2D eigenvalue weighted by atomic mass is 10.2. The summed E-state index contributed by atoms with van der Waals surface area (Å²) in [5.41, 5.74) is 1.24. The zero-order valence-electron chi connectivity index (χ0n) is 13.9. The average Bonchev–Trinajstić information content (AvgIpc) is 3.14. The van der Waals surface area contributed by atoms with Crippen molar-refractivity contribution in [3.05, 3.63) is 78.4 Å². The lowest BCUT2D eigenvalue weighted by molar-refractivity contribution is 0.383. The van der Waals surface area contributed by atoms with Gasteiger partial charge in [-0.1, -0.05) is 18.2 Å². The van der Waals surface area contributed by atoms with Crippen LogP contribution in [0.1, 0.15) is 0 Å². The van der Waals surface area contributed by atoms with E-state index in [2.05, 4.69) is 20.2 Å². The Morgan fingerprint density at radius 1 is 0.786 bits per heavy atom. The third kappa shape index (κ3) is 3.22. The molecule has 1 aromatic carbocycles. The van der Waals surface area contributed by atoms with E-state index in [1.165, 1.54) is 4.57 Å².